The molecule has 0 radical (unpaired) electrons. The number of ether oxygens (including phenoxy) is 1. The molecule has 7 heteroatoms. The van der Waals surface area contributed by atoms with Crippen LogP contribution in [0.1, 0.15) is 11.1 Å². The van der Waals surface area contributed by atoms with E-state index in [0.717, 1.165) is 11.6 Å². The number of hydrogen-bond acceptors (Lipinski definition) is 2. The molecule has 1 heterocycles. The topological polar surface area (TPSA) is 46.5 Å². The van der Waals surface area contributed by atoms with Gasteiger partial charge in [0.15, 0.2) is 0 Å². The number of halogens is 4. The Morgan fingerprint density at radius 1 is 1.20 bits per heavy atom. The maximum Gasteiger partial charge on any atom is 0.430 e. The largest absolute Gasteiger partial charge is 0.478 e. The summed E-state index contributed by atoms with van der Waals surface area (Å²) in [5, 5.41) is 9.39. The molecule has 0 spiro atoms. The Morgan fingerprint density at radius 2 is 1.88 bits per heavy atom. The van der Waals surface area contributed by atoms with Gasteiger partial charge in [0.05, 0.1) is 5.57 Å². The lowest BCUT2D eigenvalue weighted by Gasteiger charge is -2.29. The van der Waals surface area contributed by atoms with Gasteiger partial charge in [-0.2, -0.15) is 13.2 Å². The first-order chi connectivity index (χ1) is 11.7. The van der Waals surface area contributed by atoms with Crippen LogP contribution in [0.5, 0.6) is 5.75 Å². The molecular weight excluding hydrogens is 357 g/mol. The van der Waals surface area contributed by atoms with Crippen LogP contribution in [0.15, 0.2) is 42.0 Å². The molecule has 0 aromatic heterocycles. The van der Waals surface area contributed by atoms with E-state index in [-0.39, 0.29) is 16.3 Å². The monoisotopic (exact) mass is 368 g/mol. The van der Waals surface area contributed by atoms with Gasteiger partial charge in [-0.15, -0.1) is 0 Å². The van der Waals surface area contributed by atoms with Crippen molar-refractivity contribution in [1.29, 1.82) is 0 Å². The van der Waals surface area contributed by atoms with Crippen LogP contribution in [0, 0.1) is 6.92 Å². The highest BCUT2D eigenvalue weighted by Crippen LogP contribution is 2.44. The van der Waals surface area contributed by atoms with Crippen LogP contribution in [0.3, 0.4) is 0 Å². The zero-order chi connectivity index (χ0) is 18.4. The van der Waals surface area contributed by atoms with E-state index in [1.807, 2.05) is 13.0 Å². The quantitative estimate of drug-likeness (QED) is 0.801. The second-order valence-electron chi connectivity index (χ2n) is 5.63. The van der Waals surface area contributed by atoms with E-state index >= 15 is 0 Å². The molecule has 0 aliphatic carbocycles. The Morgan fingerprint density at radius 3 is 2.48 bits per heavy atom. The lowest BCUT2D eigenvalue weighted by atomic mass is 9.94. The lowest BCUT2D eigenvalue weighted by Crippen LogP contribution is -2.40. The number of carboxylic acids is 1. The van der Waals surface area contributed by atoms with E-state index in [4.69, 9.17) is 21.4 Å². The van der Waals surface area contributed by atoms with Crippen molar-refractivity contribution in [1.82, 2.24) is 0 Å². The molecule has 0 saturated heterocycles. The summed E-state index contributed by atoms with van der Waals surface area (Å²) in [6, 6.07) is 9.99. The van der Waals surface area contributed by atoms with Crippen molar-refractivity contribution in [2.24, 2.45) is 0 Å². The maximum absolute atomic E-state index is 13.3. The van der Waals surface area contributed by atoms with Gasteiger partial charge < -0.3 is 9.84 Å². The average Bonchev–Trinajstić information content (AvgIpc) is 2.52. The summed E-state index contributed by atoms with van der Waals surface area (Å²) in [5.74, 6) is -1.73. The molecule has 1 aliphatic heterocycles. The number of carboxylic acid groups (broad SMARTS) is 1. The minimum atomic E-state index is -4.86. The van der Waals surface area contributed by atoms with Gasteiger partial charge in [-0.05, 0) is 36.3 Å². The molecule has 1 aliphatic rings. The standard InChI is InChI=1S/C18H12ClF3O3/c1-9-4-2-3-5-12(9)13-8-11(19)6-10-7-14(17(23)24)16(18(20,21)22)25-15(10)13/h2-8,16H,1H3,(H,23,24). The summed E-state index contributed by atoms with van der Waals surface area (Å²) in [7, 11) is 0. The van der Waals surface area contributed by atoms with Crippen LogP contribution in [-0.4, -0.2) is 23.4 Å². The van der Waals surface area contributed by atoms with Gasteiger partial charge in [-0.3, -0.25) is 0 Å². The van der Waals surface area contributed by atoms with Crippen molar-refractivity contribution in [3.05, 3.63) is 58.1 Å². The number of benzene rings is 2. The van der Waals surface area contributed by atoms with Crippen LogP contribution >= 0.6 is 11.6 Å². The third kappa shape index (κ3) is 3.22. The number of aliphatic carboxylic acids is 1. The summed E-state index contributed by atoms with van der Waals surface area (Å²) in [6.45, 7) is 1.81. The van der Waals surface area contributed by atoms with Gasteiger partial charge in [0, 0.05) is 16.1 Å². The van der Waals surface area contributed by atoms with Crippen LogP contribution < -0.4 is 4.74 Å². The summed E-state index contributed by atoms with van der Waals surface area (Å²) < 4.78 is 45.0. The third-order valence-electron chi connectivity index (χ3n) is 3.89. The summed E-state index contributed by atoms with van der Waals surface area (Å²) in [5.41, 5.74) is 1.19. The van der Waals surface area contributed by atoms with Crippen molar-refractivity contribution in [2.75, 3.05) is 0 Å². The van der Waals surface area contributed by atoms with Crippen LogP contribution in [0.25, 0.3) is 17.2 Å². The predicted octanol–water partition coefficient (Wildman–Crippen LogP) is 5.11. The van der Waals surface area contributed by atoms with Gasteiger partial charge in [0.2, 0.25) is 6.10 Å². The third-order valence-corrected chi connectivity index (χ3v) is 4.11. The van der Waals surface area contributed by atoms with Crippen molar-refractivity contribution in [3.8, 4) is 16.9 Å². The number of hydrogen-bond donors (Lipinski definition) is 1. The summed E-state index contributed by atoms with van der Waals surface area (Å²) in [6.07, 6.45) is -6.43. The van der Waals surface area contributed by atoms with E-state index in [2.05, 4.69) is 0 Å². The second-order valence-corrected chi connectivity index (χ2v) is 6.07. The molecule has 0 saturated carbocycles. The number of rotatable bonds is 2. The first-order valence-corrected chi connectivity index (χ1v) is 7.64. The first-order valence-electron chi connectivity index (χ1n) is 7.26. The zero-order valence-corrected chi connectivity index (χ0v) is 13.7. The highest BCUT2D eigenvalue weighted by Gasteiger charge is 2.48. The van der Waals surface area contributed by atoms with Crippen molar-refractivity contribution in [2.45, 2.75) is 19.2 Å². The van der Waals surface area contributed by atoms with Crippen molar-refractivity contribution < 1.29 is 27.8 Å². The van der Waals surface area contributed by atoms with Crippen LogP contribution in [0.2, 0.25) is 5.02 Å². The van der Waals surface area contributed by atoms with E-state index in [9.17, 15) is 18.0 Å². The molecule has 3 nitrogen and oxygen atoms in total. The molecule has 1 atom stereocenters. The fourth-order valence-corrected chi connectivity index (χ4v) is 3.00. The molecule has 0 fully saturated rings. The Hall–Kier alpha value is -2.47. The molecule has 130 valence electrons. The SMILES string of the molecule is Cc1ccccc1-c1cc(Cl)cc2c1OC(C(F)(F)F)C(C(=O)O)=C2. The number of aryl methyl sites for hydroxylation is 1. The van der Waals surface area contributed by atoms with Gasteiger partial charge in [0.25, 0.3) is 0 Å². The normalized spacial score (nSPS) is 16.7. The van der Waals surface area contributed by atoms with Gasteiger partial charge in [-0.25, -0.2) is 4.79 Å². The number of alkyl halides is 3. The van der Waals surface area contributed by atoms with Gasteiger partial charge in [0.1, 0.15) is 5.75 Å². The number of carbonyl (C=O) groups is 1. The Kier molecular flexibility index (Phi) is 4.24. The Bertz CT molecular complexity index is 888. The minimum Gasteiger partial charge on any atom is -0.478 e. The van der Waals surface area contributed by atoms with Crippen LogP contribution in [-0.2, 0) is 4.79 Å². The highest BCUT2D eigenvalue weighted by molar-refractivity contribution is 6.31. The fraction of sp³-hybridized carbons (Fsp3) is 0.167. The lowest BCUT2D eigenvalue weighted by molar-refractivity contribution is -0.187. The molecule has 2 aromatic rings. The highest BCUT2D eigenvalue weighted by atomic mass is 35.5. The van der Waals surface area contributed by atoms with Crippen molar-refractivity contribution in [3.63, 3.8) is 0 Å². The predicted molar refractivity (Wildman–Crippen MR) is 87.7 cm³/mol. The van der Waals surface area contributed by atoms with E-state index < -0.39 is 23.8 Å². The fourth-order valence-electron chi connectivity index (χ4n) is 2.77. The molecule has 0 amide bonds. The molecule has 2 aromatic carbocycles. The maximum atomic E-state index is 13.3. The van der Waals surface area contributed by atoms with E-state index in [1.165, 1.54) is 12.1 Å². The zero-order valence-electron chi connectivity index (χ0n) is 12.9. The average molecular weight is 369 g/mol. The Balaban J connectivity index is 2.26. The molecule has 1 N–H and O–H groups in total. The van der Waals surface area contributed by atoms with Gasteiger partial charge in [-0.1, -0.05) is 35.9 Å². The molecule has 25 heavy (non-hydrogen) atoms. The van der Waals surface area contributed by atoms with Gasteiger partial charge >= 0.3 is 12.1 Å². The number of fused-ring (bicyclic) bond motifs is 1. The van der Waals surface area contributed by atoms with E-state index in [1.54, 1.807) is 18.2 Å². The molecular formula is C18H12ClF3O3. The second kappa shape index (κ2) is 6.11. The summed E-state index contributed by atoms with van der Waals surface area (Å²) >= 11 is 6.08. The molecule has 1 unspecified atom stereocenters. The molecule has 3 rings (SSSR count). The Labute approximate surface area is 146 Å². The minimum absolute atomic E-state index is 0.0361. The van der Waals surface area contributed by atoms with Crippen molar-refractivity contribution >= 4 is 23.6 Å². The smallest absolute Gasteiger partial charge is 0.430 e. The van der Waals surface area contributed by atoms with Crippen LogP contribution in [0.4, 0.5) is 13.2 Å². The summed E-state index contributed by atoms with van der Waals surface area (Å²) in [4.78, 5) is 11.2. The molecule has 0 bridgehead atoms. The van der Waals surface area contributed by atoms with E-state index in [0.29, 0.717) is 11.1 Å². The first kappa shape index (κ1) is 17.4.